The number of carbonyl (C=O) groups excluding carboxylic acids is 1. The molecule has 1 amide bonds. The van der Waals surface area contributed by atoms with Crippen molar-refractivity contribution in [3.05, 3.63) is 29.6 Å². The molecule has 20 heavy (non-hydrogen) atoms. The molecule has 2 unspecified atom stereocenters. The fraction of sp³-hybridized carbons (Fsp3) is 0.625. The zero-order chi connectivity index (χ0) is 13.9. The van der Waals surface area contributed by atoms with E-state index in [1.165, 1.54) is 19.3 Å². The molecule has 0 bridgehead atoms. The number of carbonyl (C=O) groups is 1. The summed E-state index contributed by atoms with van der Waals surface area (Å²) in [5.41, 5.74) is 1.68. The van der Waals surface area contributed by atoms with Gasteiger partial charge in [-0.15, -0.1) is 0 Å². The molecule has 0 aromatic carbocycles. The second-order valence-electron chi connectivity index (χ2n) is 6.04. The van der Waals surface area contributed by atoms with Crippen LogP contribution < -0.4 is 5.32 Å². The van der Waals surface area contributed by atoms with Crippen LogP contribution in [0.3, 0.4) is 0 Å². The lowest BCUT2D eigenvalue weighted by Crippen LogP contribution is -2.45. The average molecular weight is 273 g/mol. The molecule has 0 aliphatic carbocycles. The summed E-state index contributed by atoms with van der Waals surface area (Å²) in [6, 6.07) is 4.33. The Kier molecular flexibility index (Phi) is 4.01. The molecule has 4 nitrogen and oxygen atoms in total. The van der Waals surface area contributed by atoms with Crippen LogP contribution in [-0.2, 0) is 0 Å². The third kappa shape index (κ3) is 2.85. The van der Waals surface area contributed by atoms with Crippen molar-refractivity contribution in [1.29, 1.82) is 0 Å². The van der Waals surface area contributed by atoms with E-state index in [4.69, 9.17) is 0 Å². The quantitative estimate of drug-likeness (QED) is 0.896. The fourth-order valence-corrected chi connectivity index (χ4v) is 3.50. The Hall–Kier alpha value is -1.42. The van der Waals surface area contributed by atoms with Gasteiger partial charge in [-0.05, 0) is 57.2 Å². The van der Waals surface area contributed by atoms with Crippen molar-refractivity contribution < 1.29 is 4.79 Å². The third-order valence-electron chi connectivity index (χ3n) is 4.56. The van der Waals surface area contributed by atoms with Crippen LogP contribution >= 0.6 is 0 Å². The molecule has 3 heterocycles. The van der Waals surface area contributed by atoms with Crippen molar-refractivity contribution in [1.82, 2.24) is 15.2 Å². The van der Waals surface area contributed by atoms with Gasteiger partial charge in [0, 0.05) is 36.6 Å². The maximum absolute atomic E-state index is 12.6. The minimum absolute atomic E-state index is 0.165. The number of aromatic nitrogens is 1. The van der Waals surface area contributed by atoms with E-state index in [9.17, 15) is 4.79 Å². The van der Waals surface area contributed by atoms with Crippen molar-refractivity contribution in [3.63, 3.8) is 0 Å². The highest BCUT2D eigenvalue weighted by Gasteiger charge is 2.31. The van der Waals surface area contributed by atoms with Crippen molar-refractivity contribution in [3.8, 4) is 0 Å². The topological polar surface area (TPSA) is 45.2 Å². The van der Waals surface area contributed by atoms with Crippen molar-refractivity contribution in [2.45, 2.75) is 38.6 Å². The highest BCUT2D eigenvalue weighted by Crippen LogP contribution is 2.25. The molecule has 2 saturated heterocycles. The average Bonchev–Trinajstić information content (AvgIpc) is 3.01. The molecule has 0 spiro atoms. The minimum atomic E-state index is 0.165. The molecule has 1 aromatic heterocycles. The molecule has 2 atom stereocenters. The number of hydrogen-bond acceptors (Lipinski definition) is 3. The summed E-state index contributed by atoms with van der Waals surface area (Å²) < 4.78 is 0. The van der Waals surface area contributed by atoms with E-state index in [2.05, 4.69) is 10.3 Å². The molecule has 2 fully saturated rings. The van der Waals surface area contributed by atoms with Crippen LogP contribution in [0.1, 0.15) is 41.7 Å². The van der Waals surface area contributed by atoms with Gasteiger partial charge >= 0.3 is 0 Å². The Morgan fingerprint density at radius 3 is 3.05 bits per heavy atom. The summed E-state index contributed by atoms with van der Waals surface area (Å²) in [5.74, 6) is 0.788. The summed E-state index contributed by atoms with van der Waals surface area (Å²) >= 11 is 0. The van der Waals surface area contributed by atoms with Crippen LogP contribution in [0.25, 0.3) is 0 Å². The minimum Gasteiger partial charge on any atom is -0.338 e. The summed E-state index contributed by atoms with van der Waals surface area (Å²) in [4.78, 5) is 18.8. The van der Waals surface area contributed by atoms with Gasteiger partial charge in [0.1, 0.15) is 0 Å². The van der Waals surface area contributed by atoms with Gasteiger partial charge in [0.25, 0.3) is 5.91 Å². The summed E-state index contributed by atoms with van der Waals surface area (Å²) in [6.45, 7) is 4.86. The molecule has 0 saturated carbocycles. The van der Waals surface area contributed by atoms with Gasteiger partial charge < -0.3 is 10.2 Å². The summed E-state index contributed by atoms with van der Waals surface area (Å²) in [6.07, 6.45) is 6.64. The third-order valence-corrected chi connectivity index (χ3v) is 4.56. The Bertz CT molecular complexity index is 482. The Morgan fingerprint density at radius 2 is 2.30 bits per heavy atom. The van der Waals surface area contributed by atoms with E-state index in [1.807, 2.05) is 24.0 Å². The molecule has 1 aromatic rings. The Labute approximate surface area is 120 Å². The zero-order valence-electron chi connectivity index (χ0n) is 12.1. The Morgan fingerprint density at radius 1 is 1.40 bits per heavy atom. The first-order chi connectivity index (χ1) is 9.74. The van der Waals surface area contributed by atoms with Gasteiger partial charge in [0.2, 0.25) is 0 Å². The van der Waals surface area contributed by atoms with Crippen molar-refractivity contribution in [2.75, 3.05) is 19.6 Å². The molecule has 2 aliphatic heterocycles. The molecule has 4 heteroatoms. The fourth-order valence-electron chi connectivity index (χ4n) is 3.50. The Balaban J connectivity index is 1.68. The molecule has 108 valence electrons. The van der Waals surface area contributed by atoms with Crippen LogP contribution in [0.2, 0.25) is 0 Å². The van der Waals surface area contributed by atoms with Crippen LogP contribution in [0.5, 0.6) is 0 Å². The van der Waals surface area contributed by atoms with Gasteiger partial charge in [0.15, 0.2) is 0 Å². The second kappa shape index (κ2) is 5.92. The standard InChI is InChI=1S/C16H23N3O/c1-12-10-13(6-8-17-12)16(20)19-9-3-4-14(11-19)15-5-2-7-18-15/h6,8,10,14-15,18H,2-5,7,9,11H2,1H3. The first-order valence-corrected chi connectivity index (χ1v) is 7.69. The number of likely N-dealkylation sites (tertiary alicyclic amines) is 1. The van der Waals surface area contributed by atoms with E-state index in [0.29, 0.717) is 12.0 Å². The first-order valence-electron chi connectivity index (χ1n) is 7.69. The maximum Gasteiger partial charge on any atom is 0.253 e. The summed E-state index contributed by atoms with van der Waals surface area (Å²) in [7, 11) is 0. The van der Waals surface area contributed by atoms with E-state index in [1.54, 1.807) is 6.20 Å². The van der Waals surface area contributed by atoms with E-state index < -0.39 is 0 Å². The number of piperidine rings is 1. The van der Waals surface area contributed by atoms with Gasteiger partial charge in [0.05, 0.1) is 0 Å². The molecule has 0 radical (unpaired) electrons. The second-order valence-corrected chi connectivity index (χ2v) is 6.04. The molecular weight excluding hydrogens is 250 g/mol. The maximum atomic E-state index is 12.6. The lowest BCUT2D eigenvalue weighted by Gasteiger charge is -2.36. The number of pyridine rings is 1. The number of aryl methyl sites for hydroxylation is 1. The molecule has 1 N–H and O–H groups in total. The number of nitrogens with one attached hydrogen (secondary N) is 1. The van der Waals surface area contributed by atoms with E-state index in [-0.39, 0.29) is 5.91 Å². The van der Waals surface area contributed by atoms with E-state index in [0.717, 1.165) is 37.3 Å². The number of amides is 1. The van der Waals surface area contributed by atoms with Crippen LogP contribution in [0.15, 0.2) is 18.3 Å². The SMILES string of the molecule is Cc1cc(C(=O)N2CCCC(C3CCCN3)C2)ccn1. The molecule has 3 rings (SSSR count). The summed E-state index contributed by atoms with van der Waals surface area (Å²) in [5, 5.41) is 3.59. The lowest BCUT2D eigenvalue weighted by molar-refractivity contribution is 0.0651. The van der Waals surface area contributed by atoms with Crippen molar-refractivity contribution >= 4 is 5.91 Å². The van der Waals surface area contributed by atoms with Gasteiger partial charge in [-0.2, -0.15) is 0 Å². The monoisotopic (exact) mass is 273 g/mol. The smallest absolute Gasteiger partial charge is 0.253 e. The number of hydrogen-bond donors (Lipinski definition) is 1. The normalized spacial score (nSPS) is 26.8. The van der Waals surface area contributed by atoms with Crippen LogP contribution in [-0.4, -0.2) is 41.5 Å². The molecular formula is C16H23N3O. The predicted octanol–water partition coefficient (Wildman–Crippen LogP) is 1.99. The van der Waals surface area contributed by atoms with Gasteiger partial charge in [-0.1, -0.05) is 0 Å². The van der Waals surface area contributed by atoms with Gasteiger partial charge in [-0.3, -0.25) is 9.78 Å². The highest BCUT2D eigenvalue weighted by atomic mass is 16.2. The van der Waals surface area contributed by atoms with E-state index >= 15 is 0 Å². The van der Waals surface area contributed by atoms with Crippen LogP contribution in [0.4, 0.5) is 0 Å². The number of nitrogens with zero attached hydrogens (tertiary/aromatic N) is 2. The number of rotatable bonds is 2. The van der Waals surface area contributed by atoms with Gasteiger partial charge in [-0.25, -0.2) is 0 Å². The predicted molar refractivity (Wildman–Crippen MR) is 78.6 cm³/mol. The largest absolute Gasteiger partial charge is 0.338 e. The zero-order valence-corrected chi connectivity index (χ0v) is 12.1. The highest BCUT2D eigenvalue weighted by molar-refractivity contribution is 5.94. The van der Waals surface area contributed by atoms with Crippen LogP contribution in [0, 0.1) is 12.8 Å². The molecule has 2 aliphatic rings. The first kappa shape index (κ1) is 13.6. The van der Waals surface area contributed by atoms with Crippen molar-refractivity contribution in [2.24, 2.45) is 5.92 Å². The lowest BCUT2D eigenvalue weighted by atomic mass is 9.89.